The molecular formula is C54H60FN7O6S2. The fourth-order valence-corrected chi connectivity index (χ4v) is 13.9. The van der Waals surface area contributed by atoms with E-state index >= 15 is 0 Å². The molecule has 4 saturated carbocycles. The molecule has 0 spiro atoms. The third kappa shape index (κ3) is 9.79. The van der Waals surface area contributed by atoms with E-state index in [0.717, 1.165) is 81.8 Å². The van der Waals surface area contributed by atoms with Crippen molar-refractivity contribution in [2.75, 3.05) is 13.1 Å². The minimum Gasteiger partial charge on any atom is -0.391 e. The number of β-amino-alcohol motifs (C(OH)–C–C–N with tert-alkyl or cyclic N) is 1. The van der Waals surface area contributed by atoms with Gasteiger partial charge in [-0.05, 0) is 121 Å². The molecule has 5 N–H and O–H groups in total. The van der Waals surface area contributed by atoms with Gasteiger partial charge < -0.3 is 36.2 Å². The van der Waals surface area contributed by atoms with Crippen molar-refractivity contribution in [1.82, 2.24) is 36.1 Å². The molecule has 16 heteroatoms. The van der Waals surface area contributed by atoms with E-state index in [1.54, 1.807) is 33.7 Å². The largest absolute Gasteiger partial charge is 0.391 e. The zero-order valence-corrected chi connectivity index (χ0v) is 41.6. The number of aromatic nitrogens is 1. The van der Waals surface area contributed by atoms with Crippen LogP contribution in [0, 0.1) is 30.0 Å². The number of carbonyl (C=O) groups is 5. The average Bonchev–Trinajstić information content (AvgIpc) is 4.15. The monoisotopic (exact) mass is 985 g/mol. The lowest BCUT2D eigenvalue weighted by atomic mass is 9.50. The number of amides is 5. The lowest BCUT2D eigenvalue weighted by Crippen LogP contribution is -2.69. The highest BCUT2D eigenvalue weighted by molar-refractivity contribution is 7.14. The van der Waals surface area contributed by atoms with Crippen LogP contribution in [-0.2, 0) is 34.0 Å². The maximum atomic E-state index is 14.3. The number of thiophene rings is 1. The molecule has 2 aromatic heterocycles. The number of carbonyl (C=O) groups excluding carboxylic acids is 5. The van der Waals surface area contributed by atoms with Crippen LogP contribution >= 0.6 is 22.7 Å². The average molecular weight is 986 g/mol. The lowest BCUT2D eigenvalue weighted by Gasteiger charge is -2.62. The van der Waals surface area contributed by atoms with Crippen LogP contribution in [0.15, 0.2) is 83.7 Å². The van der Waals surface area contributed by atoms with Gasteiger partial charge in [0, 0.05) is 59.5 Å². The summed E-state index contributed by atoms with van der Waals surface area (Å²) < 4.78 is 13.8. The summed E-state index contributed by atoms with van der Waals surface area (Å²) in [7, 11) is 0. The summed E-state index contributed by atoms with van der Waals surface area (Å²) in [5, 5.41) is 25.5. The first-order valence-corrected chi connectivity index (χ1v) is 26.1. The van der Waals surface area contributed by atoms with Crippen molar-refractivity contribution in [2.45, 2.75) is 122 Å². The van der Waals surface area contributed by atoms with Crippen LogP contribution < -0.4 is 21.3 Å². The first-order chi connectivity index (χ1) is 33.4. The molecule has 3 aromatic carbocycles. The number of likely N-dealkylation sites (tertiary alicyclic amines) is 1. The maximum Gasteiger partial charge on any atom is 0.252 e. The summed E-state index contributed by atoms with van der Waals surface area (Å²) in [6.45, 7) is 8.86. The standard InChI is InChI=1S/C54H60FN7O6S2/c1-31-46(70-30-57-31)36-7-5-32(6-8-36)23-56-50(67)43-18-42(63)27-62(43)51(68)47(52(2,3)4)59-48(65)40-17-44(69-28-40)35-9-11-37(12-10-35)49(66)60-54-21-33-15-34(22-54)20-53(19-33,29-54)58-24-45(64)61-25-38-13-14-41(55)16-39(38)26-61/h5-14,16-17,28,30,33-34,42-43,47,58,63H,15,18-27,29H2,1-4H3,(H,56,67)(H,59,65)(H,60,66)/t33?,34?,42-,43+,47-,53?,54?/m1/s1. The molecule has 5 aromatic rings. The van der Waals surface area contributed by atoms with Gasteiger partial charge in [-0.3, -0.25) is 24.0 Å². The van der Waals surface area contributed by atoms with E-state index in [-0.39, 0.29) is 60.7 Å². The Bertz CT molecular complexity index is 2820. The Hall–Kier alpha value is -5.81. The Morgan fingerprint density at radius 2 is 1.54 bits per heavy atom. The fourth-order valence-electron chi connectivity index (χ4n) is 12.2. The molecule has 5 amide bonds. The van der Waals surface area contributed by atoms with Gasteiger partial charge in [-0.2, -0.15) is 0 Å². The van der Waals surface area contributed by atoms with E-state index in [4.69, 9.17) is 0 Å². The Labute approximate surface area is 415 Å². The first-order valence-electron chi connectivity index (χ1n) is 24.3. The van der Waals surface area contributed by atoms with Gasteiger partial charge in [0.05, 0.1) is 34.3 Å². The van der Waals surface area contributed by atoms with E-state index in [1.807, 2.05) is 81.7 Å². The maximum absolute atomic E-state index is 14.3. The van der Waals surface area contributed by atoms with E-state index in [1.165, 1.54) is 28.4 Å². The van der Waals surface area contributed by atoms with Crippen LogP contribution in [0.2, 0.25) is 0 Å². The molecule has 1 saturated heterocycles. The summed E-state index contributed by atoms with van der Waals surface area (Å²) in [5.41, 5.74) is 6.99. The molecule has 2 unspecified atom stereocenters. The number of hydrogen-bond acceptors (Lipinski definition) is 10. The van der Waals surface area contributed by atoms with Gasteiger partial charge in [0.2, 0.25) is 17.7 Å². The highest BCUT2D eigenvalue weighted by atomic mass is 32.1. The molecule has 13 nitrogen and oxygen atoms in total. The van der Waals surface area contributed by atoms with Crippen LogP contribution in [-0.4, -0.2) is 91.8 Å². The van der Waals surface area contributed by atoms with Crippen molar-refractivity contribution >= 4 is 52.2 Å². The van der Waals surface area contributed by atoms with Crippen molar-refractivity contribution < 1.29 is 33.5 Å². The van der Waals surface area contributed by atoms with Gasteiger partial charge in [-0.1, -0.05) is 63.2 Å². The fraction of sp³-hybridized carbons (Fsp3) is 0.444. The molecular weight excluding hydrogens is 926 g/mol. The number of aryl methyl sites for hydroxylation is 1. The summed E-state index contributed by atoms with van der Waals surface area (Å²) in [5.74, 6) is -0.748. The highest BCUT2D eigenvalue weighted by Gasteiger charge is 2.58. The van der Waals surface area contributed by atoms with Crippen molar-refractivity contribution in [3.63, 3.8) is 0 Å². The first kappa shape index (κ1) is 47.8. The van der Waals surface area contributed by atoms with Crippen molar-refractivity contribution in [3.05, 3.63) is 123 Å². The van der Waals surface area contributed by atoms with Gasteiger partial charge >= 0.3 is 0 Å². The normalized spacial score (nSPS) is 24.9. The topological polar surface area (TPSA) is 173 Å². The zero-order valence-electron chi connectivity index (χ0n) is 40.0. The molecule has 4 heterocycles. The van der Waals surface area contributed by atoms with Gasteiger partial charge in [-0.15, -0.1) is 22.7 Å². The zero-order chi connectivity index (χ0) is 49.1. The number of halogens is 1. The molecule has 0 radical (unpaired) electrons. The second kappa shape index (κ2) is 18.7. The predicted octanol–water partition coefficient (Wildman–Crippen LogP) is 7.36. The SMILES string of the molecule is Cc1ncsc1-c1ccc(CNC(=O)[C@@H]2C[C@@H](O)CN2C(=O)[C@@H](NC(=O)c2csc(-c3ccc(C(=O)NC45CC6CC(CC(NCC(=O)N7Cc8ccc(F)cc8C7)(C6)C4)C5)cc3)c2)C(C)(C)C)cc1. The second-order valence-corrected chi connectivity index (χ2v) is 23.4. The molecule has 5 atom stereocenters. The number of nitrogens with one attached hydrogen (secondary N) is 4. The molecule has 11 rings (SSSR count). The van der Waals surface area contributed by atoms with Crippen LogP contribution in [0.5, 0.6) is 0 Å². The van der Waals surface area contributed by atoms with Crippen LogP contribution in [0.4, 0.5) is 4.39 Å². The van der Waals surface area contributed by atoms with Crippen LogP contribution in [0.3, 0.4) is 0 Å². The third-order valence-electron chi connectivity index (χ3n) is 15.3. The van der Waals surface area contributed by atoms with E-state index in [0.29, 0.717) is 36.1 Å². The number of aliphatic hydroxyl groups excluding tert-OH is 1. The summed E-state index contributed by atoms with van der Waals surface area (Å²) >= 11 is 2.96. The number of nitrogens with zero attached hydrogens (tertiary/aromatic N) is 3. The summed E-state index contributed by atoms with van der Waals surface area (Å²) in [6.07, 6.45) is 4.90. The van der Waals surface area contributed by atoms with Crippen LogP contribution in [0.25, 0.3) is 20.9 Å². The molecule has 5 fully saturated rings. The van der Waals surface area contributed by atoms with E-state index in [2.05, 4.69) is 26.3 Å². The van der Waals surface area contributed by atoms with Crippen molar-refractivity contribution in [1.29, 1.82) is 0 Å². The van der Waals surface area contributed by atoms with Gasteiger partial charge in [0.1, 0.15) is 17.9 Å². The molecule has 4 bridgehead atoms. The van der Waals surface area contributed by atoms with Crippen molar-refractivity contribution in [3.8, 4) is 20.9 Å². The van der Waals surface area contributed by atoms with Gasteiger partial charge in [0.15, 0.2) is 0 Å². The van der Waals surface area contributed by atoms with Gasteiger partial charge in [-0.25, -0.2) is 9.37 Å². The number of rotatable bonds is 13. The second-order valence-electron chi connectivity index (χ2n) is 21.6. The lowest BCUT2D eigenvalue weighted by molar-refractivity contribution is -0.142. The predicted molar refractivity (Wildman–Crippen MR) is 267 cm³/mol. The Morgan fingerprint density at radius 3 is 2.24 bits per heavy atom. The molecule has 6 aliphatic rings. The minimum absolute atomic E-state index is 0.000831. The Balaban J connectivity index is 0.744. The minimum atomic E-state index is -0.992. The number of benzene rings is 3. The highest BCUT2D eigenvalue weighted by Crippen LogP contribution is 2.57. The summed E-state index contributed by atoms with van der Waals surface area (Å²) in [6, 6.07) is 19.9. The van der Waals surface area contributed by atoms with Crippen molar-refractivity contribution in [2.24, 2.45) is 17.3 Å². The molecule has 366 valence electrons. The van der Waals surface area contributed by atoms with Crippen LogP contribution in [0.1, 0.15) is 109 Å². The number of aliphatic hydroxyl groups is 1. The molecule has 2 aliphatic heterocycles. The Kier molecular flexibility index (Phi) is 12.8. The number of thiazole rings is 1. The van der Waals surface area contributed by atoms with E-state index in [9.17, 15) is 33.5 Å². The smallest absolute Gasteiger partial charge is 0.252 e. The number of fused-ring (bicyclic) bond motifs is 1. The molecule has 70 heavy (non-hydrogen) atoms. The van der Waals surface area contributed by atoms with Gasteiger partial charge in [0.25, 0.3) is 11.8 Å². The summed E-state index contributed by atoms with van der Waals surface area (Å²) in [4.78, 5) is 78.6. The quantitative estimate of drug-likeness (QED) is 0.0815. The Morgan fingerprint density at radius 1 is 0.843 bits per heavy atom. The van der Waals surface area contributed by atoms with E-state index < -0.39 is 35.4 Å². The third-order valence-corrected chi connectivity index (χ3v) is 17.2. The molecule has 4 aliphatic carbocycles. The number of hydrogen-bond donors (Lipinski definition) is 5.